The zero-order valence-electron chi connectivity index (χ0n) is 15.0. The number of rotatable bonds is 3. The average molecular weight is 392 g/mol. The molecule has 0 aliphatic carbocycles. The van der Waals surface area contributed by atoms with Gasteiger partial charge in [-0.05, 0) is 48.1 Å². The third-order valence-corrected chi connectivity index (χ3v) is 5.98. The molecule has 4 nitrogen and oxygen atoms in total. The molecule has 0 saturated carbocycles. The molecule has 1 aliphatic rings. The lowest BCUT2D eigenvalue weighted by Crippen LogP contribution is -2.30. The van der Waals surface area contributed by atoms with Gasteiger partial charge in [0.2, 0.25) is 5.89 Å². The van der Waals surface area contributed by atoms with Gasteiger partial charge < -0.3 is 9.32 Å². The molecule has 1 unspecified atom stereocenters. The summed E-state index contributed by atoms with van der Waals surface area (Å²) < 4.78 is 20.1. The van der Waals surface area contributed by atoms with E-state index in [2.05, 4.69) is 4.98 Å². The van der Waals surface area contributed by atoms with E-state index in [1.807, 2.05) is 46.7 Å². The number of amides is 1. The van der Waals surface area contributed by atoms with Gasteiger partial charge in [-0.3, -0.25) is 4.79 Å². The Bertz CT molecular complexity index is 1150. The summed E-state index contributed by atoms with van der Waals surface area (Å²) in [6.07, 6.45) is 1.74. The molecule has 0 N–H and O–H groups in total. The Labute approximate surface area is 165 Å². The number of oxazole rings is 1. The van der Waals surface area contributed by atoms with Crippen LogP contribution < -0.4 is 0 Å². The van der Waals surface area contributed by atoms with Crippen molar-refractivity contribution >= 4 is 28.3 Å². The predicted molar refractivity (Wildman–Crippen MR) is 107 cm³/mol. The fourth-order valence-corrected chi connectivity index (χ4v) is 4.44. The van der Waals surface area contributed by atoms with Crippen molar-refractivity contribution < 1.29 is 13.6 Å². The summed E-state index contributed by atoms with van der Waals surface area (Å²) in [6, 6.07) is 15.7. The van der Waals surface area contributed by atoms with E-state index in [-0.39, 0.29) is 17.8 Å². The molecular weight excluding hydrogens is 375 g/mol. The van der Waals surface area contributed by atoms with E-state index >= 15 is 0 Å². The monoisotopic (exact) mass is 392 g/mol. The maximum absolute atomic E-state index is 14.1. The van der Waals surface area contributed by atoms with Gasteiger partial charge >= 0.3 is 0 Å². The standard InChI is InChI=1S/C22H17FN2O2S/c23-16-6-2-1-5-15(16)14-9-10-19-17(13-14)24-21(27-19)18-7-3-11-25(18)22(26)20-8-4-12-28-20/h1-2,4-6,8-10,12-13,18H,3,7,11H2. The number of nitrogens with zero attached hydrogens (tertiary/aromatic N) is 2. The summed E-state index contributed by atoms with van der Waals surface area (Å²) in [4.78, 5) is 20.0. The SMILES string of the molecule is O=C(c1cccs1)N1CCCC1c1nc2cc(-c3ccccc3F)ccc2o1. The number of benzene rings is 2. The number of carbonyl (C=O) groups is 1. The van der Waals surface area contributed by atoms with E-state index in [1.54, 1.807) is 12.1 Å². The van der Waals surface area contributed by atoms with Crippen LogP contribution in [0.2, 0.25) is 0 Å². The summed E-state index contributed by atoms with van der Waals surface area (Å²) in [5.41, 5.74) is 2.60. The molecule has 5 rings (SSSR count). The van der Waals surface area contributed by atoms with Crippen molar-refractivity contribution in [2.45, 2.75) is 18.9 Å². The van der Waals surface area contributed by atoms with Gasteiger partial charge in [0.05, 0.1) is 4.88 Å². The molecule has 6 heteroatoms. The maximum atomic E-state index is 14.1. The number of carbonyl (C=O) groups excluding carboxylic acids is 1. The summed E-state index contributed by atoms with van der Waals surface area (Å²) in [5.74, 6) is 0.295. The van der Waals surface area contributed by atoms with Crippen molar-refractivity contribution in [3.05, 3.63) is 76.6 Å². The van der Waals surface area contributed by atoms with Crippen LogP contribution >= 0.6 is 11.3 Å². The molecule has 1 fully saturated rings. The highest BCUT2D eigenvalue weighted by Crippen LogP contribution is 2.35. The maximum Gasteiger partial charge on any atom is 0.264 e. The van der Waals surface area contributed by atoms with Crippen molar-refractivity contribution in [3.63, 3.8) is 0 Å². The first kappa shape index (κ1) is 17.1. The molecule has 0 bridgehead atoms. The molecule has 28 heavy (non-hydrogen) atoms. The fourth-order valence-electron chi connectivity index (χ4n) is 3.76. The first-order chi connectivity index (χ1) is 13.7. The third kappa shape index (κ3) is 2.90. The van der Waals surface area contributed by atoms with Gasteiger partial charge in [0.1, 0.15) is 17.4 Å². The van der Waals surface area contributed by atoms with Gasteiger partial charge in [0, 0.05) is 12.1 Å². The Hall–Kier alpha value is -2.99. The second-order valence-corrected chi connectivity index (χ2v) is 7.80. The molecule has 2 aromatic heterocycles. The van der Waals surface area contributed by atoms with Crippen molar-refractivity contribution in [3.8, 4) is 11.1 Å². The Morgan fingerprint density at radius 1 is 1.18 bits per heavy atom. The van der Waals surface area contributed by atoms with Crippen LogP contribution in [-0.2, 0) is 0 Å². The van der Waals surface area contributed by atoms with Crippen LogP contribution in [0.5, 0.6) is 0 Å². The van der Waals surface area contributed by atoms with Crippen molar-refractivity contribution in [2.75, 3.05) is 6.54 Å². The molecule has 3 heterocycles. The van der Waals surface area contributed by atoms with Gasteiger partial charge in [-0.25, -0.2) is 9.37 Å². The lowest BCUT2D eigenvalue weighted by atomic mass is 10.0. The van der Waals surface area contributed by atoms with Crippen LogP contribution in [0.15, 0.2) is 64.4 Å². The minimum Gasteiger partial charge on any atom is -0.438 e. The van der Waals surface area contributed by atoms with Crippen molar-refractivity contribution in [1.29, 1.82) is 0 Å². The van der Waals surface area contributed by atoms with Crippen LogP contribution in [0.3, 0.4) is 0 Å². The van der Waals surface area contributed by atoms with Gasteiger partial charge in [-0.2, -0.15) is 0 Å². The van der Waals surface area contributed by atoms with E-state index < -0.39 is 0 Å². The highest BCUT2D eigenvalue weighted by Gasteiger charge is 2.34. The van der Waals surface area contributed by atoms with Crippen LogP contribution in [0.1, 0.15) is 34.4 Å². The molecule has 4 aromatic rings. The lowest BCUT2D eigenvalue weighted by molar-refractivity contribution is 0.0722. The van der Waals surface area contributed by atoms with E-state index in [0.717, 1.165) is 23.3 Å². The summed E-state index contributed by atoms with van der Waals surface area (Å²) in [5, 5.41) is 1.90. The molecule has 2 aromatic carbocycles. The summed E-state index contributed by atoms with van der Waals surface area (Å²) in [6.45, 7) is 0.695. The first-order valence-electron chi connectivity index (χ1n) is 9.20. The van der Waals surface area contributed by atoms with Gasteiger partial charge in [-0.15, -0.1) is 11.3 Å². The van der Waals surface area contributed by atoms with Gasteiger partial charge in [-0.1, -0.05) is 30.3 Å². The zero-order chi connectivity index (χ0) is 19.1. The number of halogens is 1. The first-order valence-corrected chi connectivity index (χ1v) is 10.1. The highest BCUT2D eigenvalue weighted by atomic mass is 32.1. The Kier molecular flexibility index (Phi) is 4.20. The minimum absolute atomic E-state index is 0.0202. The number of hydrogen-bond acceptors (Lipinski definition) is 4. The van der Waals surface area contributed by atoms with Crippen molar-refractivity contribution in [2.24, 2.45) is 0 Å². The van der Waals surface area contributed by atoms with E-state index in [9.17, 15) is 9.18 Å². The topological polar surface area (TPSA) is 46.3 Å². The Morgan fingerprint density at radius 2 is 2.07 bits per heavy atom. The largest absolute Gasteiger partial charge is 0.438 e. The molecular formula is C22H17FN2O2S. The molecule has 0 spiro atoms. The predicted octanol–water partition coefficient (Wildman–Crippen LogP) is 5.67. The smallest absolute Gasteiger partial charge is 0.264 e. The Morgan fingerprint density at radius 3 is 2.89 bits per heavy atom. The zero-order valence-corrected chi connectivity index (χ0v) is 15.8. The second-order valence-electron chi connectivity index (χ2n) is 6.85. The average Bonchev–Trinajstić information content (AvgIpc) is 3.47. The van der Waals surface area contributed by atoms with Crippen LogP contribution in [0.4, 0.5) is 4.39 Å². The van der Waals surface area contributed by atoms with E-state index in [1.165, 1.54) is 17.4 Å². The van der Waals surface area contributed by atoms with Crippen LogP contribution in [0.25, 0.3) is 22.2 Å². The second kappa shape index (κ2) is 6.87. The molecule has 1 aliphatic heterocycles. The quantitative estimate of drug-likeness (QED) is 0.451. The fraction of sp³-hybridized carbons (Fsp3) is 0.182. The number of fused-ring (bicyclic) bond motifs is 1. The number of likely N-dealkylation sites (tertiary alicyclic amines) is 1. The molecule has 140 valence electrons. The Balaban J connectivity index is 1.49. The van der Waals surface area contributed by atoms with E-state index in [4.69, 9.17) is 4.42 Å². The highest BCUT2D eigenvalue weighted by molar-refractivity contribution is 7.12. The molecule has 1 atom stereocenters. The summed E-state index contributed by atoms with van der Waals surface area (Å²) >= 11 is 1.44. The van der Waals surface area contributed by atoms with Crippen LogP contribution in [0, 0.1) is 5.82 Å². The lowest BCUT2D eigenvalue weighted by Gasteiger charge is -2.21. The minimum atomic E-state index is -0.269. The number of aromatic nitrogens is 1. The number of hydrogen-bond donors (Lipinski definition) is 0. The van der Waals surface area contributed by atoms with Crippen molar-refractivity contribution in [1.82, 2.24) is 9.88 Å². The van der Waals surface area contributed by atoms with E-state index in [0.29, 0.717) is 29.1 Å². The molecule has 1 saturated heterocycles. The summed E-state index contributed by atoms with van der Waals surface area (Å²) in [7, 11) is 0. The molecule has 1 amide bonds. The van der Waals surface area contributed by atoms with Gasteiger partial charge in [0.25, 0.3) is 5.91 Å². The van der Waals surface area contributed by atoms with Gasteiger partial charge in [0.15, 0.2) is 5.58 Å². The molecule has 0 radical (unpaired) electrons. The third-order valence-electron chi connectivity index (χ3n) is 5.12. The van der Waals surface area contributed by atoms with Crippen LogP contribution in [-0.4, -0.2) is 22.3 Å². The normalized spacial score (nSPS) is 16.8. The number of thiophene rings is 1.